The monoisotopic (exact) mass is 433 g/mol. The number of amides is 1. The molecule has 0 saturated carbocycles. The SMILES string of the molecule is C=C(C)c1cccc(C(C)(C)NC(=O)OCC(F)(F)C(F)(F)C(F)(F)C(F)F)c1. The molecule has 0 atom stereocenters. The maximum Gasteiger partial charge on any atom is 0.408 e. The summed E-state index contributed by atoms with van der Waals surface area (Å²) in [4.78, 5) is 11.7. The fourth-order valence-electron chi connectivity index (χ4n) is 2.16. The Kier molecular flexibility index (Phi) is 6.98. The summed E-state index contributed by atoms with van der Waals surface area (Å²) in [5.74, 6) is -18.5. The van der Waals surface area contributed by atoms with Crippen LogP contribution in [0.2, 0.25) is 0 Å². The average molecular weight is 433 g/mol. The summed E-state index contributed by atoms with van der Waals surface area (Å²) in [6.07, 6.45) is -6.68. The van der Waals surface area contributed by atoms with Crippen molar-refractivity contribution in [2.45, 2.75) is 50.5 Å². The van der Waals surface area contributed by atoms with Crippen molar-refractivity contribution in [2.24, 2.45) is 0 Å². The molecule has 1 aromatic carbocycles. The molecule has 29 heavy (non-hydrogen) atoms. The molecule has 0 aromatic heterocycles. The van der Waals surface area contributed by atoms with Gasteiger partial charge in [-0.1, -0.05) is 30.4 Å². The predicted molar refractivity (Wildman–Crippen MR) is 89.5 cm³/mol. The molecule has 3 nitrogen and oxygen atoms in total. The Bertz CT molecular complexity index is 762. The van der Waals surface area contributed by atoms with Gasteiger partial charge in [0.15, 0.2) is 6.61 Å². The predicted octanol–water partition coefficient (Wildman–Crippen LogP) is 5.85. The zero-order valence-corrected chi connectivity index (χ0v) is 15.6. The van der Waals surface area contributed by atoms with E-state index in [9.17, 15) is 39.9 Å². The highest BCUT2D eigenvalue weighted by Gasteiger charge is 2.75. The quantitative estimate of drug-likeness (QED) is 0.522. The van der Waals surface area contributed by atoms with Crippen molar-refractivity contribution in [2.75, 3.05) is 6.61 Å². The molecule has 0 aliphatic rings. The molecule has 0 fully saturated rings. The zero-order valence-electron chi connectivity index (χ0n) is 15.6. The van der Waals surface area contributed by atoms with Gasteiger partial charge < -0.3 is 10.1 Å². The van der Waals surface area contributed by atoms with Crippen molar-refractivity contribution in [3.63, 3.8) is 0 Å². The van der Waals surface area contributed by atoms with Gasteiger partial charge in [0.05, 0.1) is 5.54 Å². The van der Waals surface area contributed by atoms with Gasteiger partial charge in [0.25, 0.3) is 0 Å². The third kappa shape index (κ3) is 5.18. The van der Waals surface area contributed by atoms with Crippen LogP contribution in [0.1, 0.15) is 31.9 Å². The average Bonchev–Trinajstić information content (AvgIpc) is 2.59. The van der Waals surface area contributed by atoms with Crippen molar-refractivity contribution in [3.05, 3.63) is 42.0 Å². The van der Waals surface area contributed by atoms with Crippen molar-refractivity contribution in [3.8, 4) is 0 Å². The first-order valence-electron chi connectivity index (χ1n) is 8.08. The van der Waals surface area contributed by atoms with Crippen LogP contribution in [-0.4, -0.2) is 36.9 Å². The summed E-state index contributed by atoms with van der Waals surface area (Å²) in [6, 6.07) is 6.52. The smallest absolute Gasteiger partial charge is 0.408 e. The van der Waals surface area contributed by atoms with Gasteiger partial charge in [-0.15, -0.1) is 0 Å². The van der Waals surface area contributed by atoms with Crippen molar-refractivity contribution >= 4 is 11.7 Å². The van der Waals surface area contributed by atoms with Crippen LogP contribution in [0.3, 0.4) is 0 Å². The highest BCUT2D eigenvalue weighted by molar-refractivity contribution is 5.69. The van der Waals surface area contributed by atoms with Gasteiger partial charge in [-0.3, -0.25) is 0 Å². The van der Waals surface area contributed by atoms with E-state index in [-0.39, 0.29) is 0 Å². The lowest BCUT2D eigenvalue weighted by Crippen LogP contribution is -2.59. The topological polar surface area (TPSA) is 38.3 Å². The molecule has 0 saturated heterocycles. The summed E-state index contributed by atoms with van der Waals surface area (Å²) in [6.45, 7) is 5.79. The van der Waals surface area contributed by atoms with E-state index < -0.39 is 42.4 Å². The van der Waals surface area contributed by atoms with Gasteiger partial charge in [0, 0.05) is 0 Å². The van der Waals surface area contributed by atoms with Gasteiger partial charge in [0.2, 0.25) is 0 Å². The lowest BCUT2D eigenvalue weighted by atomic mass is 9.92. The number of benzene rings is 1. The number of carbonyl (C=O) groups is 1. The Balaban J connectivity index is 2.89. The molecule has 1 rings (SSSR count). The standard InChI is InChI=1S/C18H19F8NO2/c1-10(2)11-6-5-7-12(8-11)15(3,4)27-14(28)29-9-16(21,22)18(25,26)17(23,24)13(19)20/h5-8,13H,1,9H2,2-4H3,(H,27,28). The maximum atomic E-state index is 13.4. The third-order valence-electron chi connectivity index (χ3n) is 4.03. The van der Waals surface area contributed by atoms with Crippen LogP contribution in [0.4, 0.5) is 39.9 Å². The molecule has 164 valence electrons. The Morgan fingerprint density at radius 1 is 1.14 bits per heavy atom. The highest BCUT2D eigenvalue weighted by Crippen LogP contribution is 2.48. The van der Waals surface area contributed by atoms with E-state index in [1.807, 2.05) is 0 Å². The second-order valence-corrected chi connectivity index (χ2v) is 6.89. The Morgan fingerprint density at radius 2 is 1.69 bits per heavy atom. The molecule has 0 unspecified atom stereocenters. The number of hydrogen-bond donors (Lipinski definition) is 1. The molecular formula is C18H19F8NO2. The number of halogens is 8. The van der Waals surface area contributed by atoms with Crippen molar-refractivity contribution < 1.29 is 44.7 Å². The van der Waals surface area contributed by atoms with Crippen LogP contribution >= 0.6 is 0 Å². The highest BCUT2D eigenvalue weighted by atomic mass is 19.4. The minimum Gasteiger partial charge on any atom is -0.443 e. The number of alkyl carbamates (subject to hydrolysis) is 1. The van der Waals surface area contributed by atoms with Crippen LogP contribution in [-0.2, 0) is 10.3 Å². The van der Waals surface area contributed by atoms with E-state index in [0.717, 1.165) is 0 Å². The van der Waals surface area contributed by atoms with E-state index in [2.05, 4.69) is 16.6 Å². The van der Waals surface area contributed by atoms with E-state index in [0.29, 0.717) is 16.7 Å². The van der Waals surface area contributed by atoms with Gasteiger partial charge in [0.1, 0.15) is 0 Å². The molecule has 0 radical (unpaired) electrons. The van der Waals surface area contributed by atoms with E-state index in [4.69, 9.17) is 0 Å². The van der Waals surface area contributed by atoms with E-state index >= 15 is 0 Å². The normalized spacial score (nSPS) is 13.4. The first-order chi connectivity index (χ1) is 13.0. The number of rotatable bonds is 8. The lowest BCUT2D eigenvalue weighted by Gasteiger charge is -2.32. The van der Waals surface area contributed by atoms with E-state index in [1.165, 1.54) is 13.8 Å². The molecule has 0 heterocycles. The molecule has 0 aliphatic carbocycles. The summed E-state index contributed by atoms with van der Waals surface area (Å²) >= 11 is 0. The summed E-state index contributed by atoms with van der Waals surface area (Å²) in [5, 5.41) is 2.12. The zero-order chi connectivity index (χ0) is 22.8. The first-order valence-corrected chi connectivity index (χ1v) is 8.08. The number of ether oxygens (including phenoxy) is 1. The summed E-state index contributed by atoms with van der Waals surface area (Å²) in [5.41, 5.74) is 0.613. The van der Waals surface area contributed by atoms with Crippen LogP contribution in [0.5, 0.6) is 0 Å². The molecule has 1 N–H and O–H groups in total. The second-order valence-electron chi connectivity index (χ2n) is 6.89. The molecular weight excluding hydrogens is 414 g/mol. The number of carbonyl (C=O) groups excluding carboxylic acids is 1. The maximum absolute atomic E-state index is 13.4. The molecule has 0 bridgehead atoms. The van der Waals surface area contributed by atoms with Crippen molar-refractivity contribution in [1.82, 2.24) is 5.32 Å². The molecule has 1 amide bonds. The minimum absolute atomic E-state index is 0.469. The molecule has 0 aliphatic heterocycles. The first kappa shape index (κ1) is 24.7. The fourth-order valence-corrected chi connectivity index (χ4v) is 2.16. The largest absolute Gasteiger partial charge is 0.443 e. The van der Waals surface area contributed by atoms with Crippen molar-refractivity contribution in [1.29, 1.82) is 0 Å². The lowest BCUT2D eigenvalue weighted by molar-refractivity contribution is -0.343. The van der Waals surface area contributed by atoms with Gasteiger partial charge in [-0.2, -0.15) is 26.3 Å². The molecule has 11 heteroatoms. The number of allylic oxidation sites excluding steroid dienone is 1. The third-order valence-corrected chi connectivity index (χ3v) is 4.03. The van der Waals surface area contributed by atoms with Crippen LogP contribution in [0, 0.1) is 0 Å². The second kappa shape index (κ2) is 8.19. The van der Waals surface area contributed by atoms with Crippen LogP contribution in [0.15, 0.2) is 30.8 Å². The fraction of sp³-hybridized carbons (Fsp3) is 0.500. The number of hydrogen-bond acceptors (Lipinski definition) is 2. The Labute approximate surface area is 161 Å². The van der Waals surface area contributed by atoms with Gasteiger partial charge in [-0.05, 0) is 38.0 Å². The summed E-state index contributed by atoms with van der Waals surface area (Å²) < 4.78 is 107. The molecule has 1 aromatic rings. The minimum atomic E-state index is -6.44. The molecule has 0 spiro atoms. The van der Waals surface area contributed by atoms with Crippen LogP contribution < -0.4 is 5.32 Å². The Morgan fingerprint density at radius 3 is 2.17 bits per heavy atom. The van der Waals surface area contributed by atoms with Gasteiger partial charge >= 0.3 is 30.3 Å². The number of nitrogens with one attached hydrogen (secondary N) is 1. The number of alkyl halides is 8. The van der Waals surface area contributed by atoms with E-state index in [1.54, 1.807) is 31.2 Å². The summed E-state index contributed by atoms with van der Waals surface area (Å²) in [7, 11) is 0. The van der Waals surface area contributed by atoms with Gasteiger partial charge in [-0.25, -0.2) is 13.6 Å². The Hall–Kier alpha value is -2.33. The van der Waals surface area contributed by atoms with Crippen LogP contribution in [0.25, 0.3) is 5.57 Å².